The van der Waals surface area contributed by atoms with E-state index in [0.717, 1.165) is 31.9 Å². The molecule has 0 radical (unpaired) electrons. The molecule has 0 saturated heterocycles. The summed E-state index contributed by atoms with van der Waals surface area (Å²) in [6.07, 6.45) is 6.52. The van der Waals surface area contributed by atoms with Crippen LogP contribution in [0.4, 0.5) is 0 Å². The molecule has 1 saturated carbocycles. The molecule has 0 aliphatic heterocycles. The van der Waals surface area contributed by atoms with Gasteiger partial charge in [0.25, 0.3) is 10.0 Å². The Bertz CT molecular complexity index is 575. The number of hydrogen-bond acceptors (Lipinski definition) is 4. The predicted octanol–water partition coefficient (Wildman–Crippen LogP) is 1.31. The molecule has 1 fully saturated rings. The number of carbonyl (C=O) groups is 1. The maximum absolute atomic E-state index is 12.4. The van der Waals surface area contributed by atoms with E-state index in [0.29, 0.717) is 12.5 Å². The Morgan fingerprint density at radius 3 is 2.70 bits per heavy atom. The van der Waals surface area contributed by atoms with E-state index in [2.05, 4.69) is 10.2 Å². The Morgan fingerprint density at radius 1 is 1.45 bits per heavy atom. The Hall–Kier alpha value is -1.41. The number of sulfonamides is 1. The van der Waals surface area contributed by atoms with Crippen molar-refractivity contribution in [3.63, 3.8) is 0 Å². The van der Waals surface area contributed by atoms with Gasteiger partial charge in [0.15, 0.2) is 5.03 Å². The van der Waals surface area contributed by atoms with Crippen molar-refractivity contribution in [3.8, 4) is 0 Å². The average molecular weight is 301 g/mol. The highest BCUT2D eigenvalue weighted by molar-refractivity contribution is 7.89. The molecule has 1 aliphatic rings. The molecule has 1 aromatic heterocycles. The van der Waals surface area contributed by atoms with Crippen LogP contribution < -0.4 is 0 Å². The SMILES string of the molecule is CN(CC1CCCCC1)S(=O)(=O)c1[nH]ncc1C(=O)O. The zero-order valence-electron chi connectivity index (χ0n) is 11.4. The van der Waals surface area contributed by atoms with Crippen LogP contribution in [0.2, 0.25) is 0 Å². The molecule has 2 rings (SSSR count). The van der Waals surface area contributed by atoms with Gasteiger partial charge in [0, 0.05) is 13.6 Å². The second kappa shape index (κ2) is 5.92. The number of nitrogens with zero attached hydrogens (tertiary/aromatic N) is 2. The van der Waals surface area contributed by atoms with Crippen molar-refractivity contribution in [1.82, 2.24) is 14.5 Å². The number of carboxylic acids is 1. The molecular formula is C12H19N3O4S. The smallest absolute Gasteiger partial charge is 0.340 e. The molecule has 0 unspecified atom stereocenters. The van der Waals surface area contributed by atoms with Gasteiger partial charge in [0.1, 0.15) is 5.56 Å². The van der Waals surface area contributed by atoms with Crippen LogP contribution in [-0.2, 0) is 10.0 Å². The van der Waals surface area contributed by atoms with Crippen LogP contribution >= 0.6 is 0 Å². The predicted molar refractivity (Wildman–Crippen MR) is 71.9 cm³/mol. The summed E-state index contributed by atoms with van der Waals surface area (Å²) in [5, 5.41) is 14.4. The summed E-state index contributed by atoms with van der Waals surface area (Å²) in [4.78, 5) is 11.0. The van der Waals surface area contributed by atoms with Crippen molar-refractivity contribution in [2.45, 2.75) is 37.1 Å². The summed E-state index contributed by atoms with van der Waals surface area (Å²) < 4.78 is 26.0. The van der Waals surface area contributed by atoms with Crippen LogP contribution in [0.5, 0.6) is 0 Å². The molecule has 0 spiro atoms. The third-order valence-corrected chi connectivity index (χ3v) is 5.54. The Labute approximate surface area is 118 Å². The van der Waals surface area contributed by atoms with E-state index in [1.54, 1.807) is 0 Å². The summed E-state index contributed by atoms with van der Waals surface area (Å²) >= 11 is 0. The van der Waals surface area contributed by atoms with Gasteiger partial charge in [-0.15, -0.1) is 0 Å². The molecule has 1 aromatic rings. The molecule has 112 valence electrons. The molecule has 0 aromatic carbocycles. The van der Waals surface area contributed by atoms with Crippen LogP contribution in [0.1, 0.15) is 42.5 Å². The van der Waals surface area contributed by atoms with E-state index in [1.165, 1.54) is 17.8 Å². The summed E-state index contributed by atoms with van der Waals surface area (Å²) in [5.74, 6) is -0.955. The molecule has 1 aliphatic carbocycles. The van der Waals surface area contributed by atoms with E-state index < -0.39 is 16.0 Å². The monoisotopic (exact) mass is 301 g/mol. The Morgan fingerprint density at radius 2 is 2.10 bits per heavy atom. The van der Waals surface area contributed by atoms with Crippen LogP contribution in [-0.4, -0.2) is 47.6 Å². The minimum absolute atomic E-state index is 0.319. The number of aromatic nitrogens is 2. The van der Waals surface area contributed by atoms with Gasteiger partial charge in [-0.3, -0.25) is 5.10 Å². The van der Waals surface area contributed by atoms with Crippen molar-refractivity contribution in [2.75, 3.05) is 13.6 Å². The molecule has 7 nitrogen and oxygen atoms in total. The summed E-state index contributed by atoms with van der Waals surface area (Å²) in [7, 11) is -2.35. The van der Waals surface area contributed by atoms with Gasteiger partial charge in [0.05, 0.1) is 6.20 Å². The summed E-state index contributed by atoms with van der Waals surface area (Å²) in [6, 6.07) is 0. The topological polar surface area (TPSA) is 103 Å². The largest absolute Gasteiger partial charge is 0.478 e. The van der Waals surface area contributed by atoms with Gasteiger partial charge in [-0.05, 0) is 18.8 Å². The number of nitrogens with one attached hydrogen (secondary N) is 1. The van der Waals surface area contributed by atoms with Gasteiger partial charge in [-0.25, -0.2) is 13.2 Å². The lowest BCUT2D eigenvalue weighted by atomic mass is 9.89. The lowest BCUT2D eigenvalue weighted by Crippen LogP contribution is -2.33. The fraction of sp³-hybridized carbons (Fsp3) is 0.667. The van der Waals surface area contributed by atoms with Gasteiger partial charge in [-0.1, -0.05) is 19.3 Å². The number of aromatic carboxylic acids is 1. The lowest BCUT2D eigenvalue weighted by molar-refractivity contribution is 0.0692. The standard InChI is InChI=1S/C12H19N3O4S/c1-15(8-9-5-3-2-4-6-9)20(18,19)11-10(12(16)17)7-13-14-11/h7,9H,2-6,8H2,1H3,(H,13,14)(H,16,17). The minimum Gasteiger partial charge on any atom is -0.478 e. The molecule has 0 amide bonds. The minimum atomic E-state index is -3.84. The molecular weight excluding hydrogens is 282 g/mol. The van der Waals surface area contributed by atoms with Gasteiger partial charge >= 0.3 is 5.97 Å². The quantitative estimate of drug-likeness (QED) is 0.853. The molecule has 8 heteroatoms. The second-order valence-corrected chi connectivity index (χ2v) is 7.19. The van der Waals surface area contributed by atoms with Crippen molar-refractivity contribution in [2.24, 2.45) is 5.92 Å². The first-order valence-electron chi connectivity index (χ1n) is 6.66. The first kappa shape index (κ1) is 15.0. The zero-order valence-corrected chi connectivity index (χ0v) is 12.2. The third kappa shape index (κ3) is 3.01. The fourth-order valence-corrected chi connectivity index (χ4v) is 3.92. The maximum atomic E-state index is 12.4. The number of H-pyrrole nitrogens is 1. The van der Waals surface area contributed by atoms with E-state index >= 15 is 0 Å². The average Bonchev–Trinajstić information content (AvgIpc) is 2.89. The van der Waals surface area contributed by atoms with Crippen molar-refractivity contribution in [3.05, 3.63) is 11.8 Å². The van der Waals surface area contributed by atoms with Crippen LogP contribution in [0.25, 0.3) is 0 Å². The molecule has 1 heterocycles. The summed E-state index contributed by atoms with van der Waals surface area (Å²) in [6.45, 7) is 0.417. The van der Waals surface area contributed by atoms with Crippen molar-refractivity contribution < 1.29 is 18.3 Å². The maximum Gasteiger partial charge on any atom is 0.340 e. The highest BCUT2D eigenvalue weighted by Gasteiger charge is 2.30. The Kier molecular flexibility index (Phi) is 4.44. The first-order chi connectivity index (χ1) is 9.43. The summed E-state index contributed by atoms with van der Waals surface area (Å²) in [5.41, 5.74) is -0.319. The van der Waals surface area contributed by atoms with Crippen molar-refractivity contribution in [1.29, 1.82) is 0 Å². The van der Waals surface area contributed by atoms with E-state index in [4.69, 9.17) is 5.11 Å². The third-order valence-electron chi connectivity index (χ3n) is 3.74. The van der Waals surface area contributed by atoms with E-state index in [-0.39, 0.29) is 10.6 Å². The van der Waals surface area contributed by atoms with Crippen LogP contribution in [0.15, 0.2) is 11.2 Å². The van der Waals surface area contributed by atoms with E-state index in [1.807, 2.05) is 0 Å². The molecule has 20 heavy (non-hydrogen) atoms. The number of hydrogen-bond donors (Lipinski definition) is 2. The molecule has 0 bridgehead atoms. The van der Waals surface area contributed by atoms with Crippen LogP contribution in [0, 0.1) is 5.92 Å². The number of carboxylic acid groups (broad SMARTS) is 1. The molecule has 2 N–H and O–H groups in total. The van der Waals surface area contributed by atoms with Crippen LogP contribution in [0.3, 0.4) is 0 Å². The van der Waals surface area contributed by atoms with E-state index in [9.17, 15) is 13.2 Å². The molecule has 0 atom stereocenters. The highest BCUT2D eigenvalue weighted by atomic mass is 32.2. The normalized spacial score (nSPS) is 17.5. The van der Waals surface area contributed by atoms with Crippen molar-refractivity contribution >= 4 is 16.0 Å². The highest BCUT2D eigenvalue weighted by Crippen LogP contribution is 2.26. The second-order valence-electron chi connectivity index (χ2n) is 5.21. The first-order valence-corrected chi connectivity index (χ1v) is 8.10. The number of rotatable bonds is 5. The lowest BCUT2D eigenvalue weighted by Gasteiger charge is -2.26. The zero-order chi connectivity index (χ0) is 14.8. The van der Waals surface area contributed by atoms with Gasteiger partial charge in [0.2, 0.25) is 0 Å². The Balaban J connectivity index is 2.16. The van der Waals surface area contributed by atoms with Gasteiger partial charge < -0.3 is 5.11 Å². The fourth-order valence-electron chi connectivity index (χ4n) is 2.61. The van der Waals surface area contributed by atoms with Gasteiger partial charge in [-0.2, -0.15) is 9.40 Å². The number of aromatic amines is 1.